The van der Waals surface area contributed by atoms with Gasteiger partial charge in [-0.25, -0.2) is 9.59 Å². The molecule has 1 aliphatic heterocycles. The first-order valence-electron chi connectivity index (χ1n) is 12.4. The van der Waals surface area contributed by atoms with Gasteiger partial charge in [-0.3, -0.25) is 4.79 Å². The van der Waals surface area contributed by atoms with E-state index in [1.807, 2.05) is 60.7 Å². The number of amides is 3. The molecule has 2 aromatic carbocycles. The van der Waals surface area contributed by atoms with Crippen LogP contribution in [0.4, 0.5) is 9.59 Å². The molecule has 1 fully saturated rings. The highest BCUT2D eigenvalue weighted by Crippen LogP contribution is 2.19. The second-order valence-corrected chi connectivity index (χ2v) is 8.75. The Hall–Kier alpha value is -3.59. The van der Waals surface area contributed by atoms with Gasteiger partial charge in [-0.15, -0.1) is 0 Å². The van der Waals surface area contributed by atoms with E-state index in [1.165, 1.54) is 0 Å². The monoisotopic (exact) mass is 497 g/mol. The summed E-state index contributed by atoms with van der Waals surface area (Å²) in [6.45, 7) is 1.13. The molecule has 194 valence electrons. The smallest absolute Gasteiger partial charge is 0.408 e. The summed E-state index contributed by atoms with van der Waals surface area (Å²) in [6, 6.07) is 17.7. The van der Waals surface area contributed by atoms with Crippen molar-refractivity contribution in [1.29, 1.82) is 0 Å². The van der Waals surface area contributed by atoms with Crippen LogP contribution in [0, 0.1) is 0 Å². The minimum Gasteiger partial charge on any atom is -0.445 e. The van der Waals surface area contributed by atoms with Crippen LogP contribution in [0.25, 0.3) is 0 Å². The number of aliphatic hydroxyl groups excluding tert-OH is 1. The molecule has 36 heavy (non-hydrogen) atoms. The first-order valence-corrected chi connectivity index (χ1v) is 12.4. The van der Waals surface area contributed by atoms with E-state index in [1.54, 1.807) is 4.90 Å². The Morgan fingerprint density at radius 2 is 1.53 bits per heavy atom. The van der Waals surface area contributed by atoms with E-state index in [-0.39, 0.29) is 31.8 Å². The molecule has 1 aliphatic rings. The molecule has 9 heteroatoms. The van der Waals surface area contributed by atoms with E-state index >= 15 is 0 Å². The summed E-state index contributed by atoms with van der Waals surface area (Å²) in [5, 5.41) is 15.0. The van der Waals surface area contributed by atoms with Crippen molar-refractivity contribution in [3.63, 3.8) is 0 Å². The number of carbonyl (C=O) groups is 3. The van der Waals surface area contributed by atoms with Gasteiger partial charge in [-0.2, -0.15) is 0 Å². The molecule has 0 spiro atoms. The number of unbranched alkanes of at least 4 members (excludes halogenated alkanes) is 1. The Morgan fingerprint density at radius 3 is 2.14 bits per heavy atom. The maximum atomic E-state index is 13.2. The summed E-state index contributed by atoms with van der Waals surface area (Å²) in [4.78, 5) is 39.2. The molecule has 0 radical (unpaired) electrons. The number of hydrogen-bond donors (Lipinski definition) is 3. The Balaban J connectivity index is 1.44. The van der Waals surface area contributed by atoms with Crippen molar-refractivity contribution in [2.24, 2.45) is 0 Å². The van der Waals surface area contributed by atoms with Crippen molar-refractivity contribution in [1.82, 2.24) is 15.5 Å². The molecule has 0 aromatic heterocycles. The summed E-state index contributed by atoms with van der Waals surface area (Å²) in [5.41, 5.74) is 1.75. The van der Waals surface area contributed by atoms with Crippen LogP contribution in [0.1, 0.15) is 43.2 Å². The Bertz CT molecular complexity index is 956. The van der Waals surface area contributed by atoms with Gasteiger partial charge in [0.2, 0.25) is 5.91 Å². The molecule has 3 amide bonds. The number of benzene rings is 2. The van der Waals surface area contributed by atoms with Gasteiger partial charge in [0.05, 0.1) is 12.6 Å². The Kier molecular flexibility index (Phi) is 11.0. The largest absolute Gasteiger partial charge is 0.445 e. The maximum Gasteiger partial charge on any atom is 0.408 e. The number of nitrogens with zero attached hydrogens (tertiary/aromatic N) is 1. The molecule has 0 bridgehead atoms. The van der Waals surface area contributed by atoms with E-state index in [0.717, 1.165) is 24.0 Å². The fourth-order valence-electron chi connectivity index (χ4n) is 4.12. The summed E-state index contributed by atoms with van der Waals surface area (Å²) in [5.74, 6) is -0.224. The van der Waals surface area contributed by atoms with E-state index in [2.05, 4.69) is 10.6 Å². The highest BCUT2D eigenvalue weighted by atomic mass is 16.6. The molecule has 3 rings (SSSR count). The van der Waals surface area contributed by atoms with Gasteiger partial charge in [0.1, 0.15) is 19.3 Å². The molecule has 0 saturated carbocycles. The zero-order chi connectivity index (χ0) is 25.6. The van der Waals surface area contributed by atoms with Gasteiger partial charge in [0.25, 0.3) is 0 Å². The first-order chi connectivity index (χ1) is 17.6. The molecule has 0 aliphatic carbocycles. The molecular formula is C27H35N3O6. The van der Waals surface area contributed by atoms with E-state index in [9.17, 15) is 19.5 Å². The third kappa shape index (κ3) is 8.88. The topological polar surface area (TPSA) is 117 Å². The van der Waals surface area contributed by atoms with Crippen LogP contribution in [0.3, 0.4) is 0 Å². The second kappa shape index (κ2) is 14.7. The van der Waals surface area contributed by atoms with Gasteiger partial charge in [0, 0.05) is 13.1 Å². The zero-order valence-electron chi connectivity index (χ0n) is 20.4. The minimum atomic E-state index is -0.773. The van der Waals surface area contributed by atoms with Gasteiger partial charge >= 0.3 is 12.2 Å². The number of likely N-dealkylation sites (tertiary alicyclic amines) is 1. The van der Waals surface area contributed by atoms with Crippen molar-refractivity contribution < 1.29 is 29.0 Å². The molecule has 2 atom stereocenters. The fraction of sp³-hybridized carbons (Fsp3) is 0.444. The highest BCUT2D eigenvalue weighted by Gasteiger charge is 2.33. The van der Waals surface area contributed by atoms with Crippen LogP contribution in [-0.4, -0.2) is 59.9 Å². The van der Waals surface area contributed by atoms with Gasteiger partial charge in [-0.1, -0.05) is 60.7 Å². The summed E-state index contributed by atoms with van der Waals surface area (Å²) in [6.07, 6.45) is 1.96. The molecular weight excluding hydrogens is 462 g/mol. The lowest BCUT2D eigenvalue weighted by atomic mass is 10.1. The van der Waals surface area contributed by atoms with Crippen LogP contribution in [0.5, 0.6) is 0 Å². The summed E-state index contributed by atoms with van der Waals surface area (Å²) in [7, 11) is 0. The molecule has 0 unspecified atom stereocenters. The average molecular weight is 498 g/mol. The van der Waals surface area contributed by atoms with Crippen molar-refractivity contribution in [2.45, 2.75) is 57.4 Å². The van der Waals surface area contributed by atoms with Gasteiger partial charge < -0.3 is 30.1 Å². The average Bonchev–Trinajstić information content (AvgIpc) is 3.40. The summed E-state index contributed by atoms with van der Waals surface area (Å²) >= 11 is 0. The van der Waals surface area contributed by atoms with Crippen LogP contribution >= 0.6 is 0 Å². The number of alkyl carbamates (subject to hydrolysis) is 2. The SMILES string of the molecule is O=C(NCCCC[C@H](NC(=O)OCc1ccccc1)C(=O)N1CCC[C@H]1CO)OCc1ccccc1. The first kappa shape index (κ1) is 27.0. The van der Waals surface area contributed by atoms with Crippen molar-refractivity contribution in [3.05, 3.63) is 71.8 Å². The molecule has 2 aromatic rings. The lowest BCUT2D eigenvalue weighted by Crippen LogP contribution is -2.50. The summed E-state index contributed by atoms with van der Waals surface area (Å²) < 4.78 is 10.5. The number of nitrogens with one attached hydrogen (secondary N) is 2. The van der Waals surface area contributed by atoms with Crippen molar-refractivity contribution in [3.8, 4) is 0 Å². The van der Waals surface area contributed by atoms with E-state index < -0.39 is 18.2 Å². The molecule has 9 nitrogen and oxygen atoms in total. The lowest BCUT2D eigenvalue weighted by Gasteiger charge is -2.28. The van der Waals surface area contributed by atoms with Gasteiger partial charge in [-0.05, 0) is 43.2 Å². The number of hydrogen-bond acceptors (Lipinski definition) is 6. The lowest BCUT2D eigenvalue weighted by molar-refractivity contribution is -0.135. The maximum absolute atomic E-state index is 13.2. The number of carbonyl (C=O) groups excluding carboxylic acids is 3. The fourth-order valence-corrected chi connectivity index (χ4v) is 4.12. The number of rotatable bonds is 12. The van der Waals surface area contributed by atoms with Crippen molar-refractivity contribution in [2.75, 3.05) is 19.7 Å². The van der Waals surface area contributed by atoms with Crippen LogP contribution < -0.4 is 10.6 Å². The molecule has 1 saturated heterocycles. The van der Waals surface area contributed by atoms with E-state index in [4.69, 9.17) is 9.47 Å². The Labute approximate surface area is 211 Å². The molecule has 1 heterocycles. The highest BCUT2D eigenvalue weighted by molar-refractivity contribution is 5.86. The predicted molar refractivity (Wildman–Crippen MR) is 134 cm³/mol. The normalized spacial score (nSPS) is 15.7. The van der Waals surface area contributed by atoms with Crippen LogP contribution in [0.2, 0.25) is 0 Å². The van der Waals surface area contributed by atoms with Gasteiger partial charge in [0.15, 0.2) is 0 Å². The predicted octanol–water partition coefficient (Wildman–Crippen LogP) is 3.36. The van der Waals surface area contributed by atoms with Crippen LogP contribution in [-0.2, 0) is 27.5 Å². The van der Waals surface area contributed by atoms with E-state index in [0.29, 0.717) is 32.4 Å². The minimum absolute atomic E-state index is 0.103. The third-order valence-corrected chi connectivity index (χ3v) is 6.08. The number of ether oxygens (including phenoxy) is 2. The quantitative estimate of drug-likeness (QED) is 0.387. The molecule has 3 N–H and O–H groups in total. The van der Waals surface area contributed by atoms with Crippen molar-refractivity contribution >= 4 is 18.1 Å². The Morgan fingerprint density at radius 1 is 0.917 bits per heavy atom. The number of aliphatic hydroxyl groups is 1. The third-order valence-electron chi connectivity index (χ3n) is 6.08. The standard InChI is InChI=1S/C27H35N3O6/c31-18-23-14-9-17-30(23)25(32)24(29-27(34)36-20-22-12-5-2-6-13-22)15-7-8-16-28-26(33)35-19-21-10-3-1-4-11-21/h1-6,10-13,23-24,31H,7-9,14-20H2,(H,28,33)(H,29,34)/t23-,24-/m0/s1. The zero-order valence-corrected chi connectivity index (χ0v) is 20.4. The van der Waals surface area contributed by atoms with Crippen LogP contribution in [0.15, 0.2) is 60.7 Å². The second-order valence-electron chi connectivity index (χ2n) is 8.75.